The Morgan fingerprint density at radius 1 is 1.05 bits per heavy atom. The number of nitrogens with one attached hydrogen (secondary N) is 1. The maximum absolute atomic E-state index is 13.9. The van der Waals surface area contributed by atoms with E-state index < -0.39 is 0 Å². The van der Waals surface area contributed by atoms with Gasteiger partial charge in [0, 0.05) is 27.7 Å². The lowest BCUT2D eigenvalue weighted by molar-refractivity contribution is 0.395. The van der Waals surface area contributed by atoms with E-state index in [2.05, 4.69) is 21.2 Å². The lowest BCUT2D eigenvalue weighted by atomic mass is 10.0. The molecule has 2 nitrogen and oxygen atoms in total. The highest BCUT2D eigenvalue weighted by atomic mass is 79.9. The molecule has 2 aromatic rings. The smallest absolute Gasteiger partial charge is 0.128 e. The molecule has 0 aliphatic carbocycles. The molecule has 0 saturated carbocycles. The highest BCUT2D eigenvalue weighted by Crippen LogP contribution is 2.28. The van der Waals surface area contributed by atoms with E-state index in [9.17, 15) is 4.39 Å². The molecule has 0 fully saturated rings. The van der Waals surface area contributed by atoms with Crippen molar-refractivity contribution in [2.24, 2.45) is 0 Å². The molecule has 0 aromatic heterocycles. The molecular weight excluding hydrogens is 333 g/mol. The molecule has 0 amide bonds. The van der Waals surface area contributed by atoms with Gasteiger partial charge in [-0.2, -0.15) is 0 Å². The predicted octanol–water partition coefficient (Wildman–Crippen LogP) is 5.01. The minimum Gasteiger partial charge on any atom is -0.496 e. The van der Waals surface area contributed by atoms with Crippen LogP contribution in [0.2, 0.25) is 0 Å². The Morgan fingerprint density at radius 3 is 2.43 bits per heavy atom. The van der Waals surface area contributed by atoms with Gasteiger partial charge in [0.1, 0.15) is 11.6 Å². The summed E-state index contributed by atoms with van der Waals surface area (Å²) in [6, 6.07) is 12.8. The quantitative estimate of drug-likeness (QED) is 0.817. The first kappa shape index (κ1) is 16.0. The normalized spacial score (nSPS) is 13.8. The molecule has 0 heterocycles. The van der Waals surface area contributed by atoms with Gasteiger partial charge in [-0.3, -0.25) is 0 Å². The van der Waals surface area contributed by atoms with Crippen LogP contribution >= 0.6 is 15.9 Å². The van der Waals surface area contributed by atoms with E-state index in [1.165, 1.54) is 6.07 Å². The van der Waals surface area contributed by atoms with E-state index in [1.807, 2.05) is 44.2 Å². The summed E-state index contributed by atoms with van der Waals surface area (Å²) in [5, 5.41) is 3.41. The van der Waals surface area contributed by atoms with Crippen LogP contribution in [0.25, 0.3) is 0 Å². The summed E-state index contributed by atoms with van der Waals surface area (Å²) in [4.78, 5) is 0. The highest BCUT2D eigenvalue weighted by molar-refractivity contribution is 9.10. The van der Waals surface area contributed by atoms with Crippen LogP contribution in [0.1, 0.15) is 37.1 Å². The number of hydrogen-bond donors (Lipinski definition) is 1. The Morgan fingerprint density at radius 2 is 1.71 bits per heavy atom. The van der Waals surface area contributed by atoms with Crippen LogP contribution in [0.5, 0.6) is 5.75 Å². The van der Waals surface area contributed by atoms with Gasteiger partial charge in [-0.25, -0.2) is 4.39 Å². The molecule has 2 aromatic carbocycles. The fourth-order valence-electron chi connectivity index (χ4n) is 2.43. The maximum atomic E-state index is 13.9. The van der Waals surface area contributed by atoms with Crippen molar-refractivity contribution in [3.8, 4) is 5.75 Å². The molecule has 2 atom stereocenters. The van der Waals surface area contributed by atoms with Gasteiger partial charge in [0.05, 0.1) is 7.11 Å². The second kappa shape index (κ2) is 7.05. The molecule has 112 valence electrons. The summed E-state index contributed by atoms with van der Waals surface area (Å²) in [5.41, 5.74) is 1.70. The summed E-state index contributed by atoms with van der Waals surface area (Å²) in [7, 11) is 1.66. The Balaban J connectivity index is 2.18. The molecule has 2 rings (SSSR count). The second-order valence-corrected chi connectivity index (χ2v) is 5.93. The van der Waals surface area contributed by atoms with Crippen LogP contribution in [0, 0.1) is 5.82 Å². The molecule has 2 unspecified atom stereocenters. The van der Waals surface area contributed by atoms with Gasteiger partial charge in [0.25, 0.3) is 0 Å². The van der Waals surface area contributed by atoms with Crippen molar-refractivity contribution in [2.75, 3.05) is 7.11 Å². The lowest BCUT2D eigenvalue weighted by Crippen LogP contribution is -2.23. The lowest BCUT2D eigenvalue weighted by Gasteiger charge is -2.22. The summed E-state index contributed by atoms with van der Waals surface area (Å²) in [5.74, 6) is 0.629. The van der Waals surface area contributed by atoms with Gasteiger partial charge in [-0.15, -0.1) is 0 Å². The van der Waals surface area contributed by atoms with Crippen LogP contribution < -0.4 is 10.1 Å². The molecule has 21 heavy (non-hydrogen) atoms. The van der Waals surface area contributed by atoms with E-state index >= 15 is 0 Å². The molecule has 0 saturated heterocycles. The van der Waals surface area contributed by atoms with Gasteiger partial charge in [0.2, 0.25) is 0 Å². The summed E-state index contributed by atoms with van der Waals surface area (Å²) >= 11 is 3.38. The molecule has 1 N–H and O–H groups in total. The van der Waals surface area contributed by atoms with Crippen molar-refractivity contribution in [2.45, 2.75) is 25.9 Å². The highest BCUT2D eigenvalue weighted by Gasteiger charge is 2.17. The van der Waals surface area contributed by atoms with Gasteiger partial charge < -0.3 is 10.1 Å². The molecule has 0 aliphatic rings. The van der Waals surface area contributed by atoms with Gasteiger partial charge >= 0.3 is 0 Å². The van der Waals surface area contributed by atoms with Crippen molar-refractivity contribution >= 4 is 15.9 Å². The van der Waals surface area contributed by atoms with E-state index in [0.29, 0.717) is 5.56 Å². The van der Waals surface area contributed by atoms with Gasteiger partial charge in [0.15, 0.2) is 0 Å². The first-order valence-electron chi connectivity index (χ1n) is 6.87. The third kappa shape index (κ3) is 3.83. The number of halogens is 2. The Labute approximate surface area is 133 Å². The SMILES string of the molecule is COc1ccccc1C(C)NC(C)c1cc(Br)ccc1F. The minimum absolute atomic E-state index is 0.0505. The minimum atomic E-state index is -0.203. The first-order chi connectivity index (χ1) is 10.0. The Kier molecular flexibility index (Phi) is 5.37. The molecule has 0 spiro atoms. The van der Waals surface area contributed by atoms with E-state index in [0.717, 1.165) is 15.8 Å². The zero-order valence-corrected chi connectivity index (χ0v) is 13.9. The fourth-order valence-corrected chi connectivity index (χ4v) is 2.80. The molecule has 0 radical (unpaired) electrons. The van der Waals surface area contributed by atoms with Crippen molar-refractivity contribution in [1.29, 1.82) is 0 Å². The largest absolute Gasteiger partial charge is 0.496 e. The molecule has 0 aliphatic heterocycles. The molecular formula is C17H19BrFNO. The van der Waals surface area contributed by atoms with Crippen LogP contribution in [0.4, 0.5) is 4.39 Å². The van der Waals surface area contributed by atoms with E-state index in [1.54, 1.807) is 13.2 Å². The Hall–Kier alpha value is -1.39. The van der Waals surface area contributed by atoms with Crippen LogP contribution in [-0.4, -0.2) is 7.11 Å². The second-order valence-electron chi connectivity index (χ2n) is 5.02. The maximum Gasteiger partial charge on any atom is 0.128 e. The monoisotopic (exact) mass is 351 g/mol. The van der Waals surface area contributed by atoms with Crippen molar-refractivity contribution in [1.82, 2.24) is 5.32 Å². The van der Waals surface area contributed by atoms with Gasteiger partial charge in [-0.1, -0.05) is 34.1 Å². The summed E-state index contributed by atoms with van der Waals surface area (Å²) < 4.78 is 20.2. The standard InChI is InChI=1S/C17H19BrFNO/c1-11(14-6-4-5-7-17(14)21-3)20-12(2)15-10-13(18)8-9-16(15)19/h4-12,20H,1-3H3. The van der Waals surface area contributed by atoms with Crippen molar-refractivity contribution < 1.29 is 9.13 Å². The number of ether oxygens (including phenoxy) is 1. The van der Waals surface area contributed by atoms with E-state index in [4.69, 9.17) is 4.74 Å². The third-order valence-corrected chi connectivity index (χ3v) is 4.02. The first-order valence-corrected chi connectivity index (χ1v) is 7.66. The summed E-state index contributed by atoms with van der Waals surface area (Å²) in [6.07, 6.45) is 0. The number of methoxy groups -OCH3 is 1. The van der Waals surface area contributed by atoms with Gasteiger partial charge in [-0.05, 0) is 38.1 Å². The summed E-state index contributed by atoms with van der Waals surface area (Å²) in [6.45, 7) is 4.00. The molecule has 4 heteroatoms. The number of hydrogen-bond acceptors (Lipinski definition) is 2. The zero-order chi connectivity index (χ0) is 15.4. The van der Waals surface area contributed by atoms with Crippen LogP contribution in [0.15, 0.2) is 46.9 Å². The predicted molar refractivity (Wildman–Crippen MR) is 87.1 cm³/mol. The number of para-hydroxylation sites is 1. The van der Waals surface area contributed by atoms with Crippen molar-refractivity contribution in [3.05, 3.63) is 63.9 Å². The van der Waals surface area contributed by atoms with Crippen LogP contribution in [0.3, 0.4) is 0 Å². The fraction of sp³-hybridized carbons (Fsp3) is 0.294. The van der Waals surface area contributed by atoms with Crippen LogP contribution in [-0.2, 0) is 0 Å². The van der Waals surface area contributed by atoms with E-state index in [-0.39, 0.29) is 17.9 Å². The number of benzene rings is 2. The van der Waals surface area contributed by atoms with Crippen molar-refractivity contribution in [3.63, 3.8) is 0 Å². The average molecular weight is 352 g/mol. The Bertz CT molecular complexity index is 617. The average Bonchev–Trinajstić information content (AvgIpc) is 2.49. The third-order valence-electron chi connectivity index (χ3n) is 3.53. The topological polar surface area (TPSA) is 21.3 Å². The molecule has 0 bridgehead atoms. The number of rotatable bonds is 5. The zero-order valence-electron chi connectivity index (χ0n) is 12.4.